The third-order valence-corrected chi connectivity index (χ3v) is 20.3. The van der Waals surface area contributed by atoms with Gasteiger partial charge in [0.05, 0.1) is 50.8 Å². The van der Waals surface area contributed by atoms with Crippen molar-refractivity contribution >= 4 is 25.6 Å². The van der Waals surface area contributed by atoms with Crippen LogP contribution in [0.25, 0.3) is 0 Å². The molecular formula is C81H159N2O14P. The number of carbonyl (C=O) groups excluding carboxylic acids is 3. The van der Waals surface area contributed by atoms with Gasteiger partial charge in [-0.15, -0.1) is 0 Å². The summed E-state index contributed by atoms with van der Waals surface area (Å²) >= 11 is 0. The first-order valence-corrected chi connectivity index (χ1v) is 43.5. The SMILES string of the molecule is CCCCCCCCCCC[C@H](CC(=O)NC1[C@H](OC[C@@H](C)NC(=O)C[C@@H](CCCCCCCCCCC)OCCCCCCCCCC)OC(CO)[C@@H](OP(=O)(O)O)[C@@H]1OC(=O)C[C@@H](CCCCCCCCCCC)OCCCCCCCCCC)OCCCCCCCCCC. The summed E-state index contributed by atoms with van der Waals surface area (Å²) in [6.07, 6.45) is 54.1. The predicted octanol–water partition coefficient (Wildman–Crippen LogP) is 21.6. The number of esters is 1. The molecule has 0 spiro atoms. The summed E-state index contributed by atoms with van der Waals surface area (Å²) in [6.45, 7) is 15.9. The van der Waals surface area contributed by atoms with E-state index in [4.69, 9.17) is 32.9 Å². The number of phosphoric acid groups is 1. The van der Waals surface area contributed by atoms with Crippen molar-refractivity contribution in [3.8, 4) is 0 Å². The molecule has 0 radical (unpaired) electrons. The molecular weight excluding hydrogens is 1260 g/mol. The van der Waals surface area contributed by atoms with Gasteiger partial charge >= 0.3 is 13.8 Å². The number of unbranched alkanes of at least 4 members (excludes halogenated alkanes) is 45. The van der Waals surface area contributed by atoms with Crippen LogP contribution in [0.4, 0.5) is 0 Å². The van der Waals surface area contributed by atoms with Crippen molar-refractivity contribution in [1.29, 1.82) is 0 Å². The number of hydrogen-bond donors (Lipinski definition) is 5. The van der Waals surface area contributed by atoms with Crippen molar-refractivity contribution in [2.45, 2.75) is 469 Å². The second-order valence-electron chi connectivity index (χ2n) is 29.5. The quantitative estimate of drug-likeness (QED) is 0.0217. The van der Waals surface area contributed by atoms with Crippen LogP contribution < -0.4 is 10.6 Å². The van der Waals surface area contributed by atoms with Crippen LogP contribution in [0.3, 0.4) is 0 Å². The average molecular weight is 1420 g/mol. The van der Waals surface area contributed by atoms with Crippen molar-refractivity contribution in [3.63, 3.8) is 0 Å². The van der Waals surface area contributed by atoms with Gasteiger partial charge in [0.2, 0.25) is 11.8 Å². The molecule has 0 aromatic carbocycles. The van der Waals surface area contributed by atoms with E-state index in [1.165, 1.54) is 218 Å². The van der Waals surface area contributed by atoms with E-state index in [-0.39, 0.29) is 37.9 Å². The van der Waals surface area contributed by atoms with Crippen LogP contribution in [-0.4, -0.2) is 121 Å². The summed E-state index contributed by atoms with van der Waals surface area (Å²) in [7, 11) is -5.35. The zero-order valence-corrected chi connectivity index (χ0v) is 65.7. The van der Waals surface area contributed by atoms with Crippen LogP contribution in [0.15, 0.2) is 0 Å². The van der Waals surface area contributed by atoms with Crippen molar-refractivity contribution in [2.24, 2.45) is 0 Å². The lowest BCUT2D eigenvalue weighted by molar-refractivity contribution is -0.272. The minimum absolute atomic E-state index is 0.0352. The maximum Gasteiger partial charge on any atom is 0.470 e. The predicted molar refractivity (Wildman–Crippen MR) is 404 cm³/mol. The maximum atomic E-state index is 14.8. The van der Waals surface area contributed by atoms with Crippen LogP contribution in [0.5, 0.6) is 0 Å². The lowest BCUT2D eigenvalue weighted by Gasteiger charge is -2.45. The molecule has 1 rings (SSSR count). The number of amides is 2. The molecule has 1 heterocycles. The highest BCUT2D eigenvalue weighted by atomic mass is 31.2. The summed E-state index contributed by atoms with van der Waals surface area (Å²) in [4.78, 5) is 64.5. The zero-order valence-electron chi connectivity index (χ0n) is 64.8. The van der Waals surface area contributed by atoms with Gasteiger partial charge in [-0.3, -0.25) is 18.9 Å². The van der Waals surface area contributed by atoms with Crippen molar-refractivity contribution in [2.75, 3.05) is 33.0 Å². The van der Waals surface area contributed by atoms with Crippen LogP contribution in [0.2, 0.25) is 0 Å². The van der Waals surface area contributed by atoms with Crippen LogP contribution >= 0.6 is 7.82 Å². The van der Waals surface area contributed by atoms with Gasteiger partial charge < -0.3 is 53.9 Å². The second kappa shape index (κ2) is 68.4. The number of hydrogen-bond acceptors (Lipinski definition) is 12. The fourth-order valence-electron chi connectivity index (χ4n) is 13.7. The molecule has 0 aromatic heterocycles. The van der Waals surface area contributed by atoms with Crippen molar-refractivity contribution < 1.29 is 66.8 Å². The van der Waals surface area contributed by atoms with Gasteiger partial charge in [0.25, 0.3) is 0 Å². The molecule has 17 heteroatoms. The topological polar surface area (TPSA) is 218 Å². The van der Waals surface area contributed by atoms with E-state index in [1.807, 2.05) is 6.92 Å². The Balaban J connectivity index is 3.63. The van der Waals surface area contributed by atoms with Crippen LogP contribution in [0, 0.1) is 0 Å². The molecule has 5 N–H and O–H groups in total. The number of rotatable bonds is 75. The van der Waals surface area contributed by atoms with Gasteiger partial charge in [-0.25, -0.2) is 4.57 Å². The first-order valence-electron chi connectivity index (χ1n) is 42.0. The molecule has 582 valence electrons. The van der Waals surface area contributed by atoms with Gasteiger partial charge in [-0.1, -0.05) is 350 Å². The molecule has 0 saturated carbocycles. The highest BCUT2D eigenvalue weighted by Crippen LogP contribution is 2.42. The minimum atomic E-state index is -5.35. The molecule has 1 aliphatic heterocycles. The summed E-state index contributed by atoms with van der Waals surface area (Å²) in [5.41, 5.74) is 0. The van der Waals surface area contributed by atoms with Crippen LogP contribution in [0.1, 0.15) is 414 Å². The Bertz CT molecular complexity index is 1750. The van der Waals surface area contributed by atoms with E-state index in [0.717, 1.165) is 116 Å². The number of ether oxygens (including phenoxy) is 6. The fraction of sp³-hybridized carbons (Fsp3) is 0.963. The summed E-state index contributed by atoms with van der Waals surface area (Å²) in [6, 6.07) is -1.96. The van der Waals surface area contributed by atoms with Gasteiger partial charge in [0, 0.05) is 25.9 Å². The number of phosphoric ester groups is 1. The third kappa shape index (κ3) is 56.7. The van der Waals surface area contributed by atoms with E-state index in [0.29, 0.717) is 32.7 Å². The van der Waals surface area contributed by atoms with Crippen LogP contribution in [-0.2, 0) is 51.9 Å². The molecule has 9 atom stereocenters. The van der Waals surface area contributed by atoms with E-state index >= 15 is 0 Å². The maximum absolute atomic E-state index is 14.8. The van der Waals surface area contributed by atoms with E-state index < -0.39 is 75.2 Å². The van der Waals surface area contributed by atoms with E-state index in [1.54, 1.807) is 0 Å². The van der Waals surface area contributed by atoms with Gasteiger partial charge in [0.15, 0.2) is 12.4 Å². The Hall–Kier alpha value is -1.72. The molecule has 1 fully saturated rings. The number of nitrogens with one attached hydrogen (secondary N) is 2. The lowest BCUT2D eigenvalue weighted by atomic mass is 9.95. The first-order chi connectivity index (χ1) is 47.7. The number of aliphatic hydroxyl groups excluding tert-OH is 1. The number of carbonyl (C=O) groups is 3. The molecule has 16 nitrogen and oxygen atoms in total. The molecule has 2 amide bonds. The van der Waals surface area contributed by atoms with Gasteiger partial charge in [-0.05, 0) is 45.4 Å². The normalized spacial score (nSPS) is 17.8. The Labute approximate surface area is 602 Å². The summed E-state index contributed by atoms with van der Waals surface area (Å²) < 4.78 is 57.3. The molecule has 0 aromatic rings. The Morgan fingerprint density at radius 3 is 1.02 bits per heavy atom. The van der Waals surface area contributed by atoms with Gasteiger partial charge in [0.1, 0.15) is 18.2 Å². The minimum Gasteiger partial charge on any atom is -0.457 e. The lowest BCUT2D eigenvalue weighted by Crippen LogP contribution is -2.66. The van der Waals surface area contributed by atoms with Crippen molar-refractivity contribution in [3.05, 3.63) is 0 Å². The summed E-state index contributed by atoms with van der Waals surface area (Å²) in [5, 5.41) is 17.2. The van der Waals surface area contributed by atoms with E-state index in [2.05, 4.69) is 52.2 Å². The smallest absolute Gasteiger partial charge is 0.457 e. The molecule has 0 aliphatic carbocycles. The standard InChI is InChI=1S/C81H159N2O14P/c1-8-14-20-26-32-38-41-47-53-59-71(91-62-56-50-44-35-29-23-17-11-4)65-75(85)82-70(7)69-94-81-78(83-76(86)66-72(60-54-48-42-39-33-27-21-15-9-2)92-63-57-51-45-36-30-24-18-12-5)80(79(74(68-84)95-81)97-98(88,89)90)96-77(87)67-73(61-55-49-43-40-34-28-22-16-10-3)93-64-58-52-46-37-31-25-19-13-6/h70-74,78-81,84H,8-69H2,1-7H3,(H,82,85)(H,83,86)(H2,88,89,90)/t70-,71-,72-,73-,74?,78?,79-,80-,81-/m1/s1. The molecule has 98 heavy (non-hydrogen) atoms. The Morgan fingerprint density at radius 2 is 0.704 bits per heavy atom. The molecule has 1 aliphatic rings. The monoisotopic (exact) mass is 1420 g/mol. The first kappa shape index (κ1) is 94.3. The molecule has 2 unspecified atom stereocenters. The zero-order chi connectivity index (χ0) is 71.6. The average Bonchev–Trinajstić information content (AvgIpc) is 0.782. The number of aliphatic hydroxyl groups is 1. The molecule has 1 saturated heterocycles. The highest BCUT2D eigenvalue weighted by Gasteiger charge is 2.52. The highest BCUT2D eigenvalue weighted by molar-refractivity contribution is 7.46. The Kier molecular flexibility index (Phi) is 65.8. The second-order valence-corrected chi connectivity index (χ2v) is 30.7. The fourth-order valence-corrected chi connectivity index (χ4v) is 14.2. The van der Waals surface area contributed by atoms with Gasteiger partial charge in [-0.2, -0.15) is 0 Å². The Morgan fingerprint density at radius 1 is 0.408 bits per heavy atom. The van der Waals surface area contributed by atoms with Crippen molar-refractivity contribution in [1.82, 2.24) is 10.6 Å². The largest absolute Gasteiger partial charge is 0.470 e. The summed E-state index contributed by atoms with van der Waals surface area (Å²) in [5.74, 6) is -1.35. The molecule has 0 bridgehead atoms. The third-order valence-electron chi connectivity index (χ3n) is 19.8. The van der Waals surface area contributed by atoms with E-state index in [9.17, 15) is 33.8 Å².